The van der Waals surface area contributed by atoms with Crippen molar-refractivity contribution in [2.24, 2.45) is 0 Å². The summed E-state index contributed by atoms with van der Waals surface area (Å²) in [6.45, 7) is 6.02. The van der Waals surface area contributed by atoms with Crippen LogP contribution in [0, 0.1) is 13.8 Å². The molecule has 0 aliphatic rings. The van der Waals surface area contributed by atoms with Crippen LogP contribution in [0.25, 0.3) is 16.3 Å². The van der Waals surface area contributed by atoms with E-state index in [4.69, 9.17) is 4.74 Å². The van der Waals surface area contributed by atoms with E-state index in [1.54, 1.807) is 17.1 Å². The zero-order valence-electron chi connectivity index (χ0n) is 17.7. The van der Waals surface area contributed by atoms with Crippen LogP contribution in [0.1, 0.15) is 45.7 Å². The van der Waals surface area contributed by atoms with Crippen molar-refractivity contribution in [3.05, 3.63) is 76.3 Å². The molecule has 0 saturated heterocycles. The van der Waals surface area contributed by atoms with Gasteiger partial charge in [-0.15, -0.1) is 16.4 Å². The molecule has 0 fully saturated rings. The zero-order valence-corrected chi connectivity index (χ0v) is 18.5. The van der Waals surface area contributed by atoms with Gasteiger partial charge in [-0.1, -0.05) is 36.3 Å². The lowest BCUT2D eigenvalue weighted by Gasteiger charge is -2.01. The molecule has 31 heavy (non-hydrogen) atoms. The van der Waals surface area contributed by atoms with Gasteiger partial charge in [0.2, 0.25) is 0 Å². The minimum atomic E-state index is -0.408. The van der Waals surface area contributed by atoms with Gasteiger partial charge in [-0.25, -0.2) is 14.5 Å². The number of ether oxygens (including phenoxy) is 1. The van der Waals surface area contributed by atoms with Gasteiger partial charge < -0.3 is 4.74 Å². The second-order valence-electron chi connectivity index (χ2n) is 7.29. The molecule has 3 heterocycles. The van der Waals surface area contributed by atoms with Crippen LogP contribution in [-0.2, 0) is 17.8 Å². The molecule has 7 nitrogen and oxygen atoms in total. The lowest BCUT2D eigenvalue weighted by molar-refractivity contribution is 0.0472. The first kappa shape index (κ1) is 20.9. The molecule has 0 aliphatic carbocycles. The SMILES string of the molecule is CCCc1cc(-c2nc(C)c(C(=O)OCc3cn(-c4ccc(C)cc4)nn3)s2)ccn1. The highest BCUT2D eigenvalue weighted by Gasteiger charge is 2.18. The van der Waals surface area contributed by atoms with Crippen molar-refractivity contribution in [2.75, 3.05) is 0 Å². The van der Waals surface area contributed by atoms with E-state index in [-0.39, 0.29) is 6.61 Å². The van der Waals surface area contributed by atoms with Crippen molar-refractivity contribution in [1.82, 2.24) is 25.0 Å². The van der Waals surface area contributed by atoms with Gasteiger partial charge in [0.1, 0.15) is 22.2 Å². The molecular weight excluding hydrogens is 410 g/mol. The Kier molecular flexibility index (Phi) is 6.18. The molecule has 0 bridgehead atoms. The summed E-state index contributed by atoms with van der Waals surface area (Å²) < 4.78 is 7.14. The molecular formula is C23H23N5O2S. The molecule has 0 aliphatic heterocycles. The number of hydrogen-bond acceptors (Lipinski definition) is 7. The summed E-state index contributed by atoms with van der Waals surface area (Å²) in [5.41, 5.74) is 5.29. The topological polar surface area (TPSA) is 82.8 Å². The molecule has 3 aromatic heterocycles. The fraction of sp³-hybridized carbons (Fsp3) is 0.261. The third-order valence-corrected chi connectivity index (χ3v) is 5.93. The second kappa shape index (κ2) is 9.18. The summed E-state index contributed by atoms with van der Waals surface area (Å²) in [6.07, 6.45) is 5.48. The van der Waals surface area contributed by atoms with E-state index < -0.39 is 5.97 Å². The van der Waals surface area contributed by atoms with Crippen LogP contribution in [-0.4, -0.2) is 30.9 Å². The number of benzene rings is 1. The van der Waals surface area contributed by atoms with E-state index in [9.17, 15) is 4.79 Å². The number of hydrogen-bond donors (Lipinski definition) is 0. The summed E-state index contributed by atoms with van der Waals surface area (Å²) in [5, 5.41) is 9.00. The molecule has 4 aromatic rings. The van der Waals surface area contributed by atoms with Gasteiger partial charge in [0.05, 0.1) is 17.6 Å². The number of esters is 1. The Morgan fingerprint density at radius 3 is 2.71 bits per heavy atom. The molecule has 158 valence electrons. The van der Waals surface area contributed by atoms with E-state index in [1.165, 1.54) is 16.9 Å². The minimum Gasteiger partial charge on any atom is -0.455 e. The van der Waals surface area contributed by atoms with E-state index in [2.05, 4.69) is 27.2 Å². The third kappa shape index (κ3) is 4.86. The molecule has 0 saturated carbocycles. The summed E-state index contributed by atoms with van der Waals surface area (Å²) >= 11 is 1.33. The third-order valence-electron chi connectivity index (χ3n) is 4.74. The molecule has 0 spiro atoms. The maximum Gasteiger partial charge on any atom is 0.350 e. The molecule has 0 atom stereocenters. The summed E-state index contributed by atoms with van der Waals surface area (Å²) in [7, 11) is 0. The standard InChI is InChI=1S/C23H23N5O2S/c1-4-5-18-12-17(10-11-24-18)22-25-16(3)21(31-22)23(29)30-14-19-13-28(27-26-19)20-8-6-15(2)7-9-20/h6-13H,4-5,14H2,1-3H3. The van der Waals surface area contributed by atoms with Crippen LogP contribution in [0.3, 0.4) is 0 Å². The second-order valence-corrected chi connectivity index (χ2v) is 8.28. The van der Waals surface area contributed by atoms with Crippen LogP contribution in [0.15, 0.2) is 48.8 Å². The van der Waals surface area contributed by atoms with Crippen molar-refractivity contribution in [3.63, 3.8) is 0 Å². The van der Waals surface area contributed by atoms with Gasteiger partial charge in [-0.3, -0.25) is 4.98 Å². The summed E-state index contributed by atoms with van der Waals surface area (Å²) in [4.78, 5) is 22.1. The van der Waals surface area contributed by atoms with E-state index in [0.717, 1.165) is 34.8 Å². The van der Waals surface area contributed by atoms with Crippen molar-refractivity contribution in [1.29, 1.82) is 0 Å². The molecule has 8 heteroatoms. The minimum absolute atomic E-state index is 0.0489. The van der Waals surface area contributed by atoms with Gasteiger partial charge >= 0.3 is 5.97 Å². The van der Waals surface area contributed by atoms with Gasteiger partial charge in [0.25, 0.3) is 0 Å². The zero-order chi connectivity index (χ0) is 21.8. The van der Waals surface area contributed by atoms with Crippen LogP contribution in [0.2, 0.25) is 0 Å². The predicted molar refractivity (Wildman–Crippen MR) is 119 cm³/mol. The Morgan fingerprint density at radius 2 is 1.94 bits per heavy atom. The van der Waals surface area contributed by atoms with Crippen LogP contribution < -0.4 is 0 Å². The van der Waals surface area contributed by atoms with E-state index >= 15 is 0 Å². The molecule has 0 radical (unpaired) electrons. The number of carbonyl (C=O) groups excluding carboxylic acids is 1. The number of carbonyl (C=O) groups is 1. The average Bonchev–Trinajstić information content (AvgIpc) is 3.40. The Balaban J connectivity index is 1.44. The highest BCUT2D eigenvalue weighted by atomic mass is 32.1. The van der Waals surface area contributed by atoms with Crippen LogP contribution in [0.5, 0.6) is 0 Å². The van der Waals surface area contributed by atoms with Crippen LogP contribution in [0.4, 0.5) is 0 Å². The molecule has 1 aromatic carbocycles. The maximum absolute atomic E-state index is 12.6. The number of rotatable bonds is 7. The van der Waals surface area contributed by atoms with E-state index in [0.29, 0.717) is 16.3 Å². The van der Waals surface area contributed by atoms with Gasteiger partial charge in [0, 0.05) is 17.5 Å². The normalized spacial score (nSPS) is 10.9. The van der Waals surface area contributed by atoms with Gasteiger partial charge in [-0.2, -0.15) is 0 Å². The monoisotopic (exact) mass is 433 g/mol. The number of pyridine rings is 1. The van der Waals surface area contributed by atoms with E-state index in [1.807, 2.05) is 50.2 Å². The number of nitrogens with zero attached hydrogens (tertiary/aromatic N) is 5. The Morgan fingerprint density at radius 1 is 1.13 bits per heavy atom. The van der Waals surface area contributed by atoms with Crippen molar-refractivity contribution >= 4 is 17.3 Å². The highest BCUT2D eigenvalue weighted by Crippen LogP contribution is 2.29. The fourth-order valence-electron chi connectivity index (χ4n) is 3.11. The van der Waals surface area contributed by atoms with Gasteiger partial charge in [-0.05, 0) is 44.5 Å². The first-order chi connectivity index (χ1) is 15.0. The first-order valence-electron chi connectivity index (χ1n) is 10.1. The molecule has 4 rings (SSSR count). The van der Waals surface area contributed by atoms with Gasteiger partial charge in [0.15, 0.2) is 0 Å². The average molecular weight is 434 g/mol. The fourth-order valence-corrected chi connectivity index (χ4v) is 4.06. The van der Waals surface area contributed by atoms with Crippen molar-refractivity contribution < 1.29 is 9.53 Å². The lowest BCUT2D eigenvalue weighted by Crippen LogP contribution is -2.05. The van der Waals surface area contributed by atoms with Crippen molar-refractivity contribution in [3.8, 4) is 16.3 Å². The molecule has 0 amide bonds. The highest BCUT2D eigenvalue weighted by molar-refractivity contribution is 7.17. The number of aryl methyl sites for hydroxylation is 3. The molecule has 0 N–H and O–H groups in total. The summed E-state index contributed by atoms with van der Waals surface area (Å²) in [6, 6.07) is 11.9. The molecule has 0 unspecified atom stereocenters. The largest absolute Gasteiger partial charge is 0.455 e. The Bertz CT molecular complexity index is 1200. The maximum atomic E-state index is 12.6. The first-order valence-corrected chi connectivity index (χ1v) is 10.9. The number of aromatic nitrogens is 5. The quantitative estimate of drug-likeness (QED) is 0.393. The lowest BCUT2D eigenvalue weighted by atomic mass is 10.2. The van der Waals surface area contributed by atoms with Crippen LogP contribution >= 0.6 is 11.3 Å². The predicted octanol–water partition coefficient (Wildman–Crippen LogP) is 4.71. The Labute approximate surface area is 184 Å². The number of thiazole rings is 1. The van der Waals surface area contributed by atoms with Crippen molar-refractivity contribution in [2.45, 2.75) is 40.2 Å². The summed E-state index contributed by atoms with van der Waals surface area (Å²) in [5.74, 6) is -0.408. The smallest absolute Gasteiger partial charge is 0.350 e. The Hall–Kier alpha value is -3.39.